The van der Waals surface area contributed by atoms with Crippen LogP contribution < -0.4 is 10.5 Å². The van der Waals surface area contributed by atoms with Crippen molar-refractivity contribution in [3.8, 4) is 11.5 Å². The Kier molecular flexibility index (Phi) is 12.7. The third-order valence-corrected chi connectivity index (χ3v) is 10.2. The number of carbonyl (C=O) groups is 5. The molecular formula is C39H49NO13. The Hall–Kier alpha value is -4.79. The van der Waals surface area contributed by atoms with Crippen LogP contribution in [0.4, 0.5) is 0 Å². The first-order valence-corrected chi connectivity index (χ1v) is 17.3. The lowest BCUT2D eigenvalue weighted by molar-refractivity contribution is -0.236. The molecule has 0 unspecified atom stereocenters. The summed E-state index contributed by atoms with van der Waals surface area (Å²) in [5.74, 6) is -6.69. The van der Waals surface area contributed by atoms with Crippen LogP contribution in [0, 0.1) is 30.6 Å². The number of hydrogen-bond acceptors (Lipinski definition) is 14. The number of rotatable bonds is 13. The van der Waals surface area contributed by atoms with E-state index in [-0.39, 0.29) is 70.5 Å². The first-order chi connectivity index (χ1) is 24.9. The molecule has 2 aliphatic heterocycles. The van der Waals surface area contributed by atoms with E-state index in [9.17, 15) is 29.1 Å². The first kappa shape index (κ1) is 41.0. The van der Waals surface area contributed by atoms with Crippen LogP contribution in [0.5, 0.6) is 11.5 Å². The fourth-order valence-corrected chi connectivity index (χ4v) is 7.26. The van der Waals surface area contributed by atoms with E-state index in [1.807, 2.05) is 33.8 Å². The monoisotopic (exact) mass is 739 g/mol. The number of Topliss-reactive ketones (excluding diaryl/α,β-unsaturated/α-hetero) is 2. The molecule has 3 N–H and O–H groups in total. The molecule has 1 fully saturated rings. The molecule has 1 saturated heterocycles. The number of benzene rings is 1. The number of allylic oxidation sites excluding steroid dienone is 4. The summed E-state index contributed by atoms with van der Waals surface area (Å²) in [6.07, 6.45) is 7.07. The van der Waals surface area contributed by atoms with Crippen LogP contribution in [0.2, 0.25) is 0 Å². The molecule has 3 aliphatic rings. The molecular weight excluding hydrogens is 690 g/mol. The molecule has 0 bridgehead atoms. The second-order valence-corrected chi connectivity index (χ2v) is 13.9. The molecule has 0 saturated carbocycles. The van der Waals surface area contributed by atoms with Gasteiger partial charge in [0, 0.05) is 61.8 Å². The van der Waals surface area contributed by atoms with E-state index >= 15 is 0 Å². The summed E-state index contributed by atoms with van der Waals surface area (Å²) in [5.41, 5.74) is 5.04. The predicted molar refractivity (Wildman–Crippen MR) is 190 cm³/mol. The lowest BCUT2D eigenvalue weighted by Crippen LogP contribution is -2.51. The third-order valence-electron chi connectivity index (χ3n) is 10.2. The van der Waals surface area contributed by atoms with Gasteiger partial charge in [-0.15, -0.1) is 0 Å². The second-order valence-electron chi connectivity index (χ2n) is 13.9. The van der Waals surface area contributed by atoms with Gasteiger partial charge < -0.3 is 44.0 Å². The lowest BCUT2D eigenvalue weighted by atomic mass is 9.77. The minimum atomic E-state index is -1.97. The van der Waals surface area contributed by atoms with Crippen molar-refractivity contribution in [3.05, 3.63) is 70.2 Å². The fraction of sp³-hybridized carbons (Fsp3) is 0.513. The van der Waals surface area contributed by atoms with Gasteiger partial charge in [-0.25, -0.2) is 4.79 Å². The molecule has 1 aromatic rings. The molecule has 0 amide bonds. The fourth-order valence-electron chi connectivity index (χ4n) is 7.26. The Labute approximate surface area is 308 Å². The summed E-state index contributed by atoms with van der Waals surface area (Å²) in [6.45, 7) is 13.6. The number of methoxy groups -OCH3 is 2. The standard InChI is InChI=1S/C39H49NO13/c1-18(12-11-13-19(2)38(46)48-10)33-22(5)34(50-17-49-33)23(6)35(52-24(7)41)20(3)27(47-9)14-15-51-39(8)37(45)30-28-26(42)16-25(40)32(44)29(28)31(43)21(4)36(30)53-39/h11-16,18,20,22-23,27,33-35,43H,17,40H2,1-10H3/b12-11+,15-14+,19-13-/t18-,20+,22+,23+,27-,33-,34+,35+,39-/m0/s1. The van der Waals surface area contributed by atoms with Gasteiger partial charge in [0.2, 0.25) is 5.78 Å². The smallest absolute Gasteiger partial charge is 0.333 e. The van der Waals surface area contributed by atoms with Crippen molar-refractivity contribution in [2.75, 3.05) is 21.0 Å². The predicted octanol–water partition coefficient (Wildman–Crippen LogP) is 4.65. The van der Waals surface area contributed by atoms with Crippen LogP contribution in [-0.4, -0.2) is 85.6 Å². The Balaban J connectivity index is 1.52. The number of ether oxygens (including phenoxy) is 7. The van der Waals surface area contributed by atoms with E-state index in [1.165, 1.54) is 41.3 Å². The molecule has 0 aromatic heterocycles. The van der Waals surface area contributed by atoms with Crippen LogP contribution in [0.25, 0.3) is 0 Å². The number of hydrogen-bond donors (Lipinski definition) is 2. The third kappa shape index (κ3) is 8.09. The van der Waals surface area contributed by atoms with Gasteiger partial charge in [0.25, 0.3) is 5.78 Å². The Morgan fingerprint density at radius 3 is 2.32 bits per heavy atom. The van der Waals surface area contributed by atoms with Crippen LogP contribution in [0.3, 0.4) is 0 Å². The highest BCUT2D eigenvalue weighted by Crippen LogP contribution is 2.47. The summed E-state index contributed by atoms with van der Waals surface area (Å²) < 4.78 is 40.3. The largest absolute Gasteiger partial charge is 0.507 e. The molecule has 2 heterocycles. The van der Waals surface area contributed by atoms with E-state index in [0.29, 0.717) is 5.57 Å². The normalized spacial score (nSPS) is 25.9. The molecule has 53 heavy (non-hydrogen) atoms. The number of phenols is 1. The van der Waals surface area contributed by atoms with Crippen LogP contribution in [0.15, 0.2) is 47.9 Å². The maximum atomic E-state index is 13.8. The second kappa shape index (κ2) is 16.5. The maximum absolute atomic E-state index is 13.8. The quantitative estimate of drug-likeness (QED) is 0.123. The zero-order valence-electron chi connectivity index (χ0n) is 31.7. The lowest BCUT2D eigenvalue weighted by Gasteiger charge is -2.44. The van der Waals surface area contributed by atoms with Crippen molar-refractivity contribution in [2.24, 2.45) is 29.4 Å². The zero-order chi connectivity index (χ0) is 39.5. The number of fused-ring (bicyclic) bond motifs is 3. The number of carbonyl (C=O) groups excluding carboxylic acids is 5. The average molecular weight is 740 g/mol. The van der Waals surface area contributed by atoms with Gasteiger partial charge >= 0.3 is 17.7 Å². The van der Waals surface area contributed by atoms with Gasteiger partial charge in [0.1, 0.15) is 24.4 Å². The summed E-state index contributed by atoms with van der Waals surface area (Å²) in [5, 5.41) is 10.8. The number of ketones is 3. The van der Waals surface area contributed by atoms with Gasteiger partial charge in [0.05, 0.1) is 54.1 Å². The number of phenolic OH excluding ortho intramolecular Hbond substituents is 1. The molecule has 1 aromatic carbocycles. The Morgan fingerprint density at radius 2 is 1.70 bits per heavy atom. The number of nitrogens with two attached hydrogens (primary N) is 1. The Morgan fingerprint density at radius 1 is 1.04 bits per heavy atom. The van der Waals surface area contributed by atoms with Crippen LogP contribution in [-0.2, 0) is 38.0 Å². The topological polar surface area (TPSA) is 196 Å². The average Bonchev–Trinajstić information content (AvgIpc) is 3.38. The van der Waals surface area contributed by atoms with Crippen molar-refractivity contribution in [2.45, 2.75) is 85.6 Å². The molecule has 4 rings (SSSR count). The van der Waals surface area contributed by atoms with E-state index < -0.39 is 59.0 Å². The minimum absolute atomic E-state index is 0.0285. The van der Waals surface area contributed by atoms with E-state index in [4.69, 9.17) is 38.9 Å². The van der Waals surface area contributed by atoms with Gasteiger partial charge in [-0.2, -0.15) is 0 Å². The van der Waals surface area contributed by atoms with E-state index in [1.54, 1.807) is 25.2 Å². The van der Waals surface area contributed by atoms with Crippen molar-refractivity contribution in [3.63, 3.8) is 0 Å². The molecule has 14 heteroatoms. The summed E-state index contributed by atoms with van der Waals surface area (Å²) >= 11 is 0. The van der Waals surface area contributed by atoms with E-state index in [0.717, 1.165) is 6.08 Å². The molecule has 288 valence electrons. The van der Waals surface area contributed by atoms with E-state index in [2.05, 4.69) is 0 Å². The Bertz CT molecular complexity index is 1770. The molecule has 0 spiro atoms. The molecule has 1 aliphatic carbocycles. The van der Waals surface area contributed by atoms with Gasteiger partial charge in [-0.05, 0) is 19.9 Å². The molecule has 14 nitrogen and oxygen atoms in total. The van der Waals surface area contributed by atoms with Crippen molar-refractivity contribution in [1.82, 2.24) is 0 Å². The van der Waals surface area contributed by atoms with Crippen molar-refractivity contribution in [1.29, 1.82) is 0 Å². The molecule has 9 atom stereocenters. The molecule has 0 radical (unpaired) electrons. The first-order valence-electron chi connectivity index (χ1n) is 17.3. The maximum Gasteiger partial charge on any atom is 0.333 e. The minimum Gasteiger partial charge on any atom is -0.507 e. The number of esters is 2. The summed E-state index contributed by atoms with van der Waals surface area (Å²) in [7, 11) is 2.80. The number of aromatic hydroxyl groups is 1. The van der Waals surface area contributed by atoms with Crippen molar-refractivity contribution >= 4 is 29.3 Å². The highest BCUT2D eigenvalue weighted by Gasteiger charge is 2.51. The highest BCUT2D eigenvalue weighted by molar-refractivity contribution is 6.30. The van der Waals surface area contributed by atoms with Crippen molar-refractivity contribution < 1.29 is 62.2 Å². The highest BCUT2D eigenvalue weighted by atomic mass is 16.7. The zero-order valence-corrected chi connectivity index (χ0v) is 31.7. The summed E-state index contributed by atoms with van der Waals surface area (Å²) in [6, 6.07) is 0. The van der Waals surface area contributed by atoms with Gasteiger partial charge in [0.15, 0.2) is 5.78 Å². The van der Waals surface area contributed by atoms with Gasteiger partial charge in [-0.3, -0.25) is 19.2 Å². The van der Waals surface area contributed by atoms with Crippen LogP contribution >= 0.6 is 0 Å². The van der Waals surface area contributed by atoms with Gasteiger partial charge in [-0.1, -0.05) is 45.9 Å². The SMILES string of the molecule is COC(=O)/C(C)=C\C=C\[C@H](C)[C@@H]1OCO[C@@H]([C@@H](C)[C@H](OC(C)=O)[C@H](C)[C@H](/C=C/O[C@@]2(C)Oc3c(C)c(O)c4c(c3C2=O)C(=O)C=C(N)C4=O)OC)[C@@H]1C. The summed E-state index contributed by atoms with van der Waals surface area (Å²) in [4.78, 5) is 63.6. The van der Waals surface area contributed by atoms with Crippen LogP contribution in [0.1, 0.15) is 85.1 Å².